The van der Waals surface area contributed by atoms with Gasteiger partial charge in [-0.1, -0.05) is 42.0 Å². The molecule has 0 radical (unpaired) electrons. The zero-order valence-corrected chi connectivity index (χ0v) is 12.8. The number of carboxylic acid groups (broad SMARTS) is 1. The Balaban J connectivity index is 2.23. The summed E-state index contributed by atoms with van der Waals surface area (Å²) in [6.07, 6.45) is 0.523. The maximum absolute atomic E-state index is 11.5. The molecule has 2 aromatic carbocycles. The van der Waals surface area contributed by atoms with Crippen molar-refractivity contribution in [2.24, 2.45) is 0 Å². The molecular formula is C16H15IO2. The van der Waals surface area contributed by atoms with Crippen LogP contribution in [0.5, 0.6) is 0 Å². The fourth-order valence-electron chi connectivity index (χ4n) is 2.00. The lowest BCUT2D eigenvalue weighted by molar-refractivity contribution is -0.138. The lowest BCUT2D eigenvalue weighted by Crippen LogP contribution is -2.14. The predicted octanol–water partition coefficient (Wildman–Crippen LogP) is 4.01. The summed E-state index contributed by atoms with van der Waals surface area (Å²) in [4.78, 5) is 11.5. The maximum Gasteiger partial charge on any atom is 0.311 e. The second-order valence-electron chi connectivity index (χ2n) is 4.63. The van der Waals surface area contributed by atoms with Crippen molar-refractivity contribution in [1.82, 2.24) is 0 Å². The summed E-state index contributed by atoms with van der Waals surface area (Å²) in [6, 6.07) is 15.7. The molecule has 0 aromatic heterocycles. The van der Waals surface area contributed by atoms with Crippen molar-refractivity contribution in [3.8, 4) is 0 Å². The topological polar surface area (TPSA) is 37.3 Å². The average molecular weight is 366 g/mol. The van der Waals surface area contributed by atoms with E-state index in [4.69, 9.17) is 0 Å². The van der Waals surface area contributed by atoms with Crippen LogP contribution in [-0.4, -0.2) is 11.1 Å². The highest BCUT2D eigenvalue weighted by Gasteiger charge is 2.20. The molecule has 0 spiro atoms. The van der Waals surface area contributed by atoms with Gasteiger partial charge in [-0.15, -0.1) is 0 Å². The summed E-state index contributed by atoms with van der Waals surface area (Å²) < 4.78 is 1.16. The minimum atomic E-state index is -0.776. The highest BCUT2D eigenvalue weighted by molar-refractivity contribution is 14.1. The van der Waals surface area contributed by atoms with Gasteiger partial charge in [-0.2, -0.15) is 0 Å². The molecule has 0 saturated carbocycles. The van der Waals surface area contributed by atoms with Crippen LogP contribution in [0.15, 0.2) is 48.5 Å². The van der Waals surface area contributed by atoms with E-state index in [1.807, 2.05) is 55.5 Å². The first-order chi connectivity index (χ1) is 9.06. The standard InChI is InChI=1S/C16H15IO2/c1-11-2-6-13(7-3-11)15(16(18)19)10-12-4-8-14(17)9-5-12/h2-9,15H,10H2,1H3,(H,18,19). The van der Waals surface area contributed by atoms with Gasteiger partial charge < -0.3 is 5.11 Å². The molecule has 0 bridgehead atoms. The van der Waals surface area contributed by atoms with E-state index in [2.05, 4.69) is 22.6 Å². The third kappa shape index (κ3) is 3.80. The minimum Gasteiger partial charge on any atom is -0.481 e. The molecule has 1 atom stereocenters. The highest BCUT2D eigenvalue weighted by Crippen LogP contribution is 2.22. The summed E-state index contributed by atoms with van der Waals surface area (Å²) in [5, 5.41) is 9.41. The van der Waals surface area contributed by atoms with Gasteiger partial charge in [-0.05, 0) is 59.2 Å². The molecule has 2 rings (SSSR count). The van der Waals surface area contributed by atoms with Crippen LogP contribution >= 0.6 is 22.6 Å². The lowest BCUT2D eigenvalue weighted by Gasteiger charge is -2.13. The van der Waals surface area contributed by atoms with Crippen LogP contribution < -0.4 is 0 Å². The Hall–Kier alpha value is -1.36. The number of halogens is 1. The van der Waals surface area contributed by atoms with Crippen LogP contribution in [0.25, 0.3) is 0 Å². The smallest absolute Gasteiger partial charge is 0.311 e. The van der Waals surface area contributed by atoms with E-state index >= 15 is 0 Å². The molecule has 0 aliphatic carbocycles. The van der Waals surface area contributed by atoms with Crippen LogP contribution in [-0.2, 0) is 11.2 Å². The third-order valence-electron chi connectivity index (χ3n) is 3.13. The van der Waals surface area contributed by atoms with Crippen molar-refractivity contribution in [3.63, 3.8) is 0 Å². The first kappa shape index (κ1) is 14.1. The van der Waals surface area contributed by atoms with Crippen molar-refractivity contribution in [1.29, 1.82) is 0 Å². The van der Waals surface area contributed by atoms with Gasteiger partial charge in [0.2, 0.25) is 0 Å². The quantitative estimate of drug-likeness (QED) is 0.831. The van der Waals surface area contributed by atoms with Crippen LogP contribution in [0.4, 0.5) is 0 Å². The summed E-state index contributed by atoms with van der Waals surface area (Å²) in [5.74, 6) is -1.26. The Labute approximate surface area is 126 Å². The average Bonchev–Trinajstić information content (AvgIpc) is 2.39. The molecule has 19 heavy (non-hydrogen) atoms. The van der Waals surface area contributed by atoms with Crippen molar-refractivity contribution in [2.45, 2.75) is 19.3 Å². The Kier molecular flexibility index (Phi) is 4.58. The van der Waals surface area contributed by atoms with Gasteiger partial charge in [0.15, 0.2) is 0 Å². The van der Waals surface area contributed by atoms with Crippen LogP contribution in [0.2, 0.25) is 0 Å². The van der Waals surface area contributed by atoms with Gasteiger partial charge in [-0.25, -0.2) is 0 Å². The van der Waals surface area contributed by atoms with Gasteiger partial charge in [0, 0.05) is 3.57 Å². The molecule has 0 saturated heterocycles. The first-order valence-electron chi connectivity index (χ1n) is 6.10. The summed E-state index contributed by atoms with van der Waals surface area (Å²) in [5.41, 5.74) is 3.05. The molecule has 0 fully saturated rings. The Morgan fingerprint density at radius 1 is 1.11 bits per heavy atom. The number of hydrogen-bond donors (Lipinski definition) is 1. The number of rotatable bonds is 4. The SMILES string of the molecule is Cc1ccc(C(Cc2ccc(I)cc2)C(=O)O)cc1. The fraction of sp³-hybridized carbons (Fsp3) is 0.188. The monoisotopic (exact) mass is 366 g/mol. The normalized spacial score (nSPS) is 12.1. The summed E-state index contributed by atoms with van der Waals surface area (Å²) in [6.45, 7) is 2.00. The molecule has 1 N–H and O–H groups in total. The molecule has 0 amide bonds. The van der Waals surface area contributed by atoms with E-state index in [1.54, 1.807) is 0 Å². The van der Waals surface area contributed by atoms with Crippen LogP contribution in [0.3, 0.4) is 0 Å². The summed E-state index contributed by atoms with van der Waals surface area (Å²) in [7, 11) is 0. The van der Waals surface area contributed by atoms with E-state index in [0.29, 0.717) is 6.42 Å². The van der Waals surface area contributed by atoms with E-state index in [9.17, 15) is 9.90 Å². The molecular weight excluding hydrogens is 351 g/mol. The van der Waals surface area contributed by atoms with Gasteiger partial charge in [0.05, 0.1) is 5.92 Å². The molecule has 3 heteroatoms. The number of hydrogen-bond acceptors (Lipinski definition) is 1. The van der Waals surface area contributed by atoms with Crippen LogP contribution in [0.1, 0.15) is 22.6 Å². The van der Waals surface area contributed by atoms with Gasteiger partial charge >= 0.3 is 5.97 Å². The molecule has 98 valence electrons. The third-order valence-corrected chi connectivity index (χ3v) is 3.85. The zero-order chi connectivity index (χ0) is 13.8. The number of aryl methyl sites for hydroxylation is 1. The van der Waals surface area contributed by atoms with Crippen LogP contribution in [0, 0.1) is 10.5 Å². The number of aliphatic carboxylic acids is 1. The van der Waals surface area contributed by atoms with E-state index in [1.165, 1.54) is 0 Å². The number of carbonyl (C=O) groups is 1. The zero-order valence-electron chi connectivity index (χ0n) is 10.6. The molecule has 1 unspecified atom stereocenters. The Morgan fingerprint density at radius 2 is 1.68 bits per heavy atom. The van der Waals surface area contributed by atoms with Gasteiger partial charge in [0.25, 0.3) is 0 Å². The molecule has 0 heterocycles. The van der Waals surface area contributed by atoms with E-state index < -0.39 is 11.9 Å². The molecule has 0 aliphatic rings. The number of benzene rings is 2. The Bertz CT molecular complexity index is 558. The second kappa shape index (κ2) is 6.19. The van der Waals surface area contributed by atoms with Crippen molar-refractivity contribution in [2.75, 3.05) is 0 Å². The van der Waals surface area contributed by atoms with Gasteiger partial charge in [0.1, 0.15) is 0 Å². The molecule has 0 aliphatic heterocycles. The maximum atomic E-state index is 11.5. The second-order valence-corrected chi connectivity index (χ2v) is 5.88. The van der Waals surface area contributed by atoms with Crippen molar-refractivity contribution in [3.05, 3.63) is 68.8 Å². The molecule has 2 aromatic rings. The minimum absolute atomic E-state index is 0.485. The first-order valence-corrected chi connectivity index (χ1v) is 7.18. The molecule has 2 nitrogen and oxygen atoms in total. The predicted molar refractivity (Wildman–Crippen MR) is 84.4 cm³/mol. The number of carboxylic acids is 1. The lowest BCUT2D eigenvalue weighted by atomic mass is 9.91. The van der Waals surface area contributed by atoms with Gasteiger partial charge in [-0.3, -0.25) is 4.79 Å². The largest absolute Gasteiger partial charge is 0.481 e. The van der Waals surface area contributed by atoms with E-state index in [-0.39, 0.29) is 0 Å². The van der Waals surface area contributed by atoms with E-state index in [0.717, 1.165) is 20.3 Å². The van der Waals surface area contributed by atoms with Crippen molar-refractivity contribution >= 4 is 28.6 Å². The Morgan fingerprint density at radius 3 is 2.21 bits per heavy atom. The fourth-order valence-corrected chi connectivity index (χ4v) is 2.36. The highest BCUT2D eigenvalue weighted by atomic mass is 127. The van der Waals surface area contributed by atoms with Crippen molar-refractivity contribution < 1.29 is 9.90 Å². The summed E-state index contributed by atoms with van der Waals surface area (Å²) >= 11 is 2.24.